The number of methoxy groups -OCH3 is 1. The molecule has 1 unspecified atom stereocenters. The van der Waals surface area contributed by atoms with E-state index < -0.39 is 17.7 Å². The summed E-state index contributed by atoms with van der Waals surface area (Å²) in [6, 6.07) is 3.06. The van der Waals surface area contributed by atoms with Crippen LogP contribution in [0, 0.1) is 11.6 Å². The predicted molar refractivity (Wildman–Crippen MR) is 62.1 cm³/mol. The molecule has 1 aromatic carbocycles. The number of aromatic nitrogens is 2. The minimum absolute atomic E-state index is 0.0666. The Morgan fingerprint density at radius 1 is 1.39 bits per heavy atom. The summed E-state index contributed by atoms with van der Waals surface area (Å²) < 4.78 is 33.4. The number of halogens is 2. The van der Waals surface area contributed by atoms with E-state index in [1.165, 1.54) is 30.1 Å². The Labute approximate surface area is 103 Å². The molecule has 1 heterocycles. The van der Waals surface area contributed by atoms with Crippen molar-refractivity contribution in [3.63, 3.8) is 0 Å². The molecule has 0 aliphatic rings. The lowest BCUT2D eigenvalue weighted by Gasteiger charge is -2.15. The van der Waals surface area contributed by atoms with Gasteiger partial charge in [-0.3, -0.25) is 4.68 Å². The molecule has 2 N–H and O–H groups in total. The van der Waals surface area contributed by atoms with Gasteiger partial charge in [-0.15, -0.1) is 0 Å². The number of benzene rings is 1. The van der Waals surface area contributed by atoms with Gasteiger partial charge in [-0.2, -0.15) is 5.10 Å². The Morgan fingerprint density at radius 3 is 2.78 bits per heavy atom. The molecule has 6 heteroatoms. The van der Waals surface area contributed by atoms with E-state index in [1.54, 1.807) is 7.05 Å². The van der Waals surface area contributed by atoms with Gasteiger partial charge >= 0.3 is 0 Å². The zero-order valence-electron chi connectivity index (χ0n) is 10.0. The third-order valence-corrected chi connectivity index (χ3v) is 2.78. The number of nitrogens with two attached hydrogens (primary N) is 1. The highest BCUT2D eigenvalue weighted by Gasteiger charge is 2.22. The molecular formula is C12H13F2N3O. The Hall–Kier alpha value is -1.95. The summed E-state index contributed by atoms with van der Waals surface area (Å²) in [6.45, 7) is 0. The Morgan fingerprint density at radius 2 is 2.11 bits per heavy atom. The van der Waals surface area contributed by atoms with Crippen LogP contribution < -0.4 is 10.5 Å². The maximum Gasteiger partial charge on any atom is 0.163 e. The average molecular weight is 253 g/mol. The molecule has 18 heavy (non-hydrogen) atoms. The number of rotatable bonds is 3. The summed E-state index contributed by atoms with van der Waals surface area (Å²) in [5.41, 5.74) is 6.51. The fraction of sp³-hybridized carbons (Fsp3) is 0.250. The minimum Gasteiger partial charge on any atom is -0.493 e. The van der Waals surface area contributed by atoms with Gasteiger partial charge in [0.15, 0.2) is 17.4 Å². The largest absolute Gasteiger partial charge is 0.493 e. The Kier molecular flexibility index (Phi) is 3.29. The van der Waals surface area contributed by atoms with Crippen LogP contribution in [0.25, 0.3) is 0 Å². The lowest BCUT2D eigenvalue weighted by Crippen LogP contribution is -2.18. The van der Waals surface area contributed by atoms with Crippen molar-refractivity contribution in [1.82, 2.24) is 9.78 Å². The highest BCUT2D eigenvalue weighted by molar-refractivity contribution is 5.36. The zero-order chi connectivity index (χ0) is 13.3. The van der Waals surface area contributed by atoms with Crippen molar-refractivity contribution in [2.75, 3.05) is 7.11 Å². The van der Waals surface area contributed by atoms with Crippen molar-refractivity contribution >= 4 is 0 Å². The van der Waals surface area contributed by atoms with Crippen LogP contribution in [0.5, 0.6) is 5.75 Å². The van der Waals surface area contributed by atoms with Crippen molar-refractivity contribution in [1.29, 1.82) is 0 Å². The molecule has 0 bridgehead atoms. The summed E-state index contributed by atoms with van der Waals surface area (Å²) in [6.07, 6.45) is 1.48. The van der Waals surface area contributed by atoms with Gasteiger partial charge in [0.05, 0.1) is 19.3 Å². The zero-order valence-corrected chi connectivity index (χ0v) is 10.0. The van der Waals surface area contributed by atoms with E-state index in [0.717, 1.165) is 6.07 Å². The lowest BCUT2D eigenvalue weighted by molar-refractivity contribution is 0.404. The molecule has 0 aliphatic heterocycles. The highest BCUT2D eigenvalue weighted by Crippen LogP contribution is 2.29. The van der Waals surface area contributed by atoms with E-state index in [0.29, 0.717) is 11.4 Å². The summed E-state index contributed by atoms with van der Waals surface area (Å²) in [4.78, 5) is 0. The number of aryl methyl sites for hydroxylation is 1. The van der Waals surface area contributed by atoms with Crippen LogP contribution in [0.3, 0.4) is 0 Å². The van der Waals surface area contributed by atoms with Crippen LogP contribution in [-0.4, -0.2) is 16.9 Å². The quantitative estimate of drug-likeness (QED) is 0.906. The van der Waals surface area contributed by atoms with Crippen LogP contribution in [0.1, 0.15) is 17.3 Å². The van der Waals surface area contributed by atoms with Gasteiger partial charge in [-0.25, -0.2) is 8.78 Å². The molecule has 0 amide bonds. The third kappa shape index (κ3) is 1.95. The first kappa shape index (κ1) is 12.5. The number of hydrogen-bond acceptors (Lipinski definition) is 3. The first-order chi connectivity index (χ1) is 8.56. The van der Waals surface area contributed by atoms with Crippen molar-refractivity contribution in [3.8, 4) is 5.75 Å². The summed E-state index contributed by atoms with van der Waals surface area (Å²) in [7, 11) is 3.13. The summed E-state index contributed by atoms with van der Waals surface area (Å²) >= 11 is 0. The Bertz CT molecular complexity index is 568. The van der Waals surface area contributed by atoms with Gasteiger partial charge in [-0.1, -0.05) is 12.1 Å². The molecule has 2 rings (SSSR count). The number of ether oxygens (including phenoxy) is 1. The molecule has 0 radical (unpaired) electrons. The molecule has 0 spiro atoms. The second-order valence-electron chi connectivity index (χ2n) is 3.84. The molecule has 2 aromatic rings. The van der Waals surface area contributed by atoms with Crippen molar-refractivity contribution in [2.45, 2.75) is 6.04 Å². The van der Waals surface area contributed by atoms with Crippen LogP contribution in [-0.2, 0) is 7.05 Å². The molecule has 4 nitrogen and oxygen atoms in total. The summed E-state index contributed by atoms with van der Waals surface area (Å²) in [5, 5.41) is 3.98. The smallest absolute Gasteiger partial charge is 0.163 e. The molecule has 96 valence electrons. The lowest BCUT2D eigenvalue weighted by atomic mass is 10.0. The van der Waals surface area contributed by atoms with Gasteiger partial charge < -0.3 is 10.5 Å². The SMILES string of the molecule is COc1cnn(C)c1C(N)c1cccc(F)c1F. The van der Waals surface area contributed by atoms with Gasteiger partial charge in [-0.05, 0) is 6.07 Å². The first-order valence-corrected chi connectivity index (χ1v) is 5.31. The molecule has 0 saturated carbocycles. The van der Waals surface area contributed by atoms with E-state index >= 15 is 0 Å². The molecule has 1 atom stereocenters. The normalized spacial score (nSPS) is 12.5. The van der Waals surface area contributed by atoms with Crippen LogP contribution in [0.2, 0.25) is 0 Å². The minimum atomic E-state index is -0.951. The van der Waals surface area contributed by atoms with Crippen molar-refractivity contribution in [2.24, 2.45) is 12.8 Å². The van der Waals surface area contributed by atoms with Gasteiger partial charge in [0, 0.05) is 12.6 Å². The molecule has 1 aromatic heterocycles. The standard InChI is InChI=1S/C12H13F2N3O/c1-17-12(9(18-2)6-16-17)11(15)7-4-3-5-8(13)10(7)14/h3-6,11H,15H2,1-2H3. The van der Waals surface area contributed by atoms with E-state index in [-0.39, 0.29) is 5.56 Å². The van der Waals surface area contributed by atoms with Crippen LogP contribution >= 0.6 is 0 Å². The summed E-state index contributed by atoms with van der Waals surface area (Å²) in [5.74, 6) is -1.44. The average Bonchev–Trinajstić information content (AvgIpc) is 2.73. The monoisotopic (exact) mass is 253 g/mol. The van der Waals surface area contributed by atoms with Crippen LogP contribution in [0.15, 0.2) is 24.4 Å². The molecular weight excluding hydrogens is 240 g/mol. The third-order valence-electron chi connectivity index (χ3n) is 2.78. The highest BCUT2D eigenvalue weighted by atomic mass is 19.2. The second-order valence-corrected chi connectivity index (χ2v) is 3.84. The molecule has 0 fully saturated rings. The number of hydrogen-bond donors (Lipinski definition) is 1. The van der Waals surface area contributed by atoms with Crippen LogP contribution in [0.4, 0.5) is 8.78 Å². The van der Waals surface area contributed by atoms with E-state index in [4.69, 9.17) is 10.5 Å². The van der Waals surface area contributed by atoms with E-state index in [1.807, 2.05) is 0 Å². The maximum absolute atomic E-state index is 13.7. The number of nitrogens with zero attached hydrogens (tertiary/aromatic N) is 2. The maximum atomic E-state index is 13.7. The Balaban J connectivity index is 2.51. The molecule has 0 aliphatic carbocycles. The first-order valence-electron chi connectivity index (χ1n) is 5.31. The van der Waals surface area contributed by atoms with Crippen molar-refractivity contribution in [3.05, 3.63) is 47.3 Å². The fourth-order valence-corrected chi connectivity index (χ4v) is 1.85. The molecule has 0 saturated heterocycles. The van der Waals surface area contributed by atoms with Gasteiger partial charge in [0.25, 0.3) is 0 Å². The van der Waals surface area contributed by atoms with Gasteiger partial charge in [0.2, 0.25) is 0 Å². The topological polar surface area (TPSA) is 53.1 Å². The van der Waals surface area contributed by atoms with Crippen molar-refractivity contribution < 1.29 is 13.5 Å². The second kappa shape index (κ2) is 4.73. The fourth-order valence-electron chi connectivity index (χ4n) is 1.85. The van der Waals surface area contributed by atoms with Gasteiger partial charge in [0.1, 0.15) is 5.69 Å². The predicted octanol–water partition coefficient (Wildman–Crippen LogP) is 1.75. The van der Waals surface area contributed by atoms with E-state index in [2.05, 4.69) is 5.10 Å². The van der Waals surface area contributed by atoms with E-state index in [9.17, 15) is 8.78 Å².